The third-order valence-electron chi connectivity index (χ3n) is 5.33. The van der Waals surface area contributed by atoms with Gasteiger partial charge in [0.25, 0.3) is 0 Å². The summed E-state index contributed by atoms with van der Waals surface area (Å²) in [6, 6.07) is 8.25. The Balaban J connectivity index is 2.22. The summed E-state index contributed by atoms with van der Waals surface area (Å²) < 4.78 is 23.7. The van der Waals surface area contributed by atoms with E-state index in [-0.39, 0.29) is 5.41 Å². The van der Waals surface area contributed by atoms with Crippen LogP contribution in [0.4, 0.5) is 0 Å². The van der Waals surface area contributed by atoms with Gasteiger partial charge in [-0.3, -0.25) is 9.05 Å². The summed E-state index contributed by atoms with van der Waals surface area (Å²) in [7, 11) is -3.24. The van der Waals surface area contributed by atoms with E-state index in [4.69, 9.17) is 20.6 Å². The number of hydrogen-bond donors (Lipinski definition) is 1. The van der Waals surface area contributed by atoms with Gasteiger partial charge in [0.15, 0.2) is 0 Å². The first-order valence-corrected chi connectivity index (χ1v) is 11.7. The molecule has 148 valence electrons. The molecule has 0 heterocycles. The molecule has 1 saturated carbocycles. The minimum absolute atomic E-state index is 0.116. The largest absolute Gasteiger partial charge is 0.405 e. The van der Waals surface area contributed by atoms with E-state index in [1.165, 1.54) is 12.0 Å². The molecule has 4 nitrogen and oxygen atoms in total. The number of benzene rings is 1. The van der Waals surface area contributed by atoms with Crippen LogP contribution in [0.2, 0.25) is 5.02 Å². The van der Waals surface area contributed by atoms with Crippen LogP contribution in [0.25, 0.3) is 0 Å². The Morgan fingerprint density at radius 3 is 2.15 bits per heavy atom. The van der Waals surface area contributed by atoms with Crippen molar-refractivity contribution in [3.63, 3.8) is 0 Å². The maximum Gasteiger partial charge on any atom is 0.405 e. The Morgan fingerprint density at radius 2 is 1.73 bits per heavy atom. The van der Waals surface area contributed by atoms with Gasteiger partial charge in [0.1, 0.15) is 0 Å². The number of rotatable bonds is 11. The van der Waals surface area contributed by atoms with Gasteiger partial charge < -0.3 is 0 Å². The van der Waals surface area contributed by atoms with Crippen LogP contribution in [-0.4, -0.2) is 19.8 Å². The molecule has 1 aliphatic rings. The van der Waals surface area contributed by atoms with E-state index in [0.717, 1.165) is 24.3 Å². The maximum absolute atomic E-state index is 12.8. The monoisotopic (exact) mass is 401 g/mol. The van der Waals surface area contributed by atoms with Crippen molar-refractivity contribution in [1.82, 2.24) is 5.09 Å². The lowest BCUT2D eigenvalue weighted by Crippen LogP contribution is -2.46. The van der Waals surface area contributed by atoms with Crippen LogP contribution in [0.5, 0.6) is 0 Å². The molecule has 0 amide bonds. The van der Waals surface area contributed by atoms with Crippen LogP contribution in [-0.2, 0) is 19.0 Å². The van der Waals surface area contributed by atoms with Crippen molar-refractivity contribution in [2.24, 2.45) is 11.8 Å². The van der Waals surface area contributed by atoms with Crippen molar-refractivity contribution >= 4 is 19.3 Å². The highest BCUT2D eigenvalue weighted by molar-refractivity contribution is 7.51. The van der Waals surface area contributed by atoms with Gasteiger partial charge in [0.05, 0.1) is 13.2 Å². The summed E-state index contributed by atoms with van der Waals surface area (Å²) in [5.41, 5.74) is 1.45. The van der Waals surface area contributed by atoms with Crippen LogP contribution < -0.4 is 5.09 Å². The Labute approximate surface area is 163 Å². The first-order valence-electron chi connectivity index (χ1n) is 9.75. The molecule has 0 aliphatic heterocycles. The Hall–Kier alpha value is -0.380. The van der Waals surface area contributed by atoms with E-state index in [2.05, 4.69) is 31.1 Å². The van der Waals surface area contributed by atoms with Crippen LogP contribution in [0, 0.1) is 11.8 Å². The zero-order valence-corrected chi connectivity index (χ0v) is 18.1. The predicted molar refractivity (Wildman–Crippen MR) is 109 cm³/mol. The van der Waals surface area contributed by atoms with Gasteiger partial charge in [-0.1, -0.05) is 44.0 Å². The van der Waals surface area contributed by atoms with E-state index < -0.39 is 7.75 Å². The zero-order chi connectivity index (χ0) is 19.2. The fraction of sp³-hybridized carbons (Fsp3) is 0.700. The normalized spacial score (nSPS) is 17.9. The molecule has 0 spiro atoms. The molecular weight excluding hydrogens is 369 g/mol. The molecule has 1 aromatic rings. The van der Waals surface area contributed by atoms with Crippen molar-refractivity contribution in [1.29, 1.82) is 0 Å². The molecule has 0 bridgehead atoms. The summed E-state index contributed by atoms with van der Waals surface area (Å²) in [6.07, 6.45) is 4.60. The zero-order valence-electron chi connectivity index (χ0n) is 16.5. The second kappa shape index (κ2) is 9.71. The average molecular weight is 402 g/mol. The van der Waals surface area contributed by atoms with Gasteiger partial charge in [-0.05, 0) is 68.1 Å². The predicted octanol–water partition coefficient (Wildman–Crippen LogP) is 6.19. The molecule has 26 heavy (non-hydrogen) atoms. The van der Waals surface area contributed by atoms with E-state index in [1.54, 1.807) is 0 Å². The fourth-order valence-electron chi connectivity index (χ4n) is 4.04. The minimum Gasteiger partial charge on any atom is -0.297 e. The highest BCUT2D eigenvalue weighted by atomic mass is 35.5. The highest BCUT2D eigenvalue weighted by Crippen LogP contribution is 2.52. The SMILES string of the molecule is CCOP(=O)(NCC(CC(C)C)C1(c2ccc(Cl)cc2)CCC1)OCC. The molecule has 0 radical (unpaired) electrons. The lowest BCUT2D eigenvalue weighted by Gasteiger charge is -2.49. The topological polar surface area (TPSA) is 47.6 Å². The Morgan fingerprint density at radius 1 is 1.15 bits per heavy atom. The Kier molecular flexibility index (Phi) is 8.18. The smallest absolute Gasteiger partial charge is 0.297 e. The van der Waals surface area contributed by atoms with Gasteiger partial charge in [0.2, 0.25) is 0 Å². The molecule has 1 aromatic carbocycles. The highest BCUT2D eigenvalue weighted by Gasteiger charge is 2.45. The third kappa shape index (κ3) is 5.33. The second-order valence-electron chi connectivity index (χ2n) is 7.54. The maximum atomic E-state index is 12.8. The van der Waals surface area contributed by atoms with Gasteiger partial charge in [-0.25, -0.2) is 9.65 Å². The van der Waals surface area contributed by atoms with Crippen molar-refractivity contribution in [2.75, 3.05) is 19.8 Å². The van der Waals surface area contributed by atoms with Gasteiger partial charge >= 0.3 is 7.75 Å². The summed E-state index contributed by atoms with van der Waals surface area (Å²) in [4.78, 5) is 0. The first kappa shape index (κ1) is 21.9. The van der Waals surface area contributed by atoms with Crippen molar-refractivity contribution < 1.29 is 13.6 Å². The summed E-state index contributed by atoms with van der Waals surface area (Å²) >= 11 is 6.10. The molecule has 2 rings (SSSR count). The van der Waals surface area contributed by atoms with Crippen LogP contribution in [0.15, 0.2) is 24.3 Å². The second-order valence-corrected chi connectivity index (χ2v) is 9.80. The summed E-state index contributed by atoms with van der Waals surface area (Å²) in [6.45, 7) is 9.50. The molecule has 0 saturated heterocycles. The van der Waals surface area contributed by atoms with Crippen molar-refractivity contribution in [2.45, 2.75) is 58.8 Å². The molecule has 6 heteroatoms. The molecule has 0 aromatic heterocycles. The lowest BCUT2D eigenvalue weighted by atomic mass is 9.56. The van der Waals surface area contributed by atoms with Crippen LogP contribution in [0.3, 0.4) is 0 Å². The van der Waals surface area contributed by atoms with E-state index in [0.29, 0.717) is 31.6 Å². The molecule has 1 unspecified atom stereocenters. The first-order chi connectivity index (χ1) is 12.3. The Bertz CT molecular complexity index is 592. The summed E-state index contributed by atoms with van der Waals surface area (Å²) in [5, 5.41) is 3.91. The summed E-state index contributed by atoms with van der Waals surface area (Å²) in [5.74, 6) is 0.928. The van der Waals surface area contributed by atoms with Crippen LogP contribution in [0.1, 0.15) is 58.9 Å². The molecule has 1 fully saturated rings. The molecule has 1 atom stereocenters. The minimum atomic E-state index is -3.24. The van der Waals surface area contributed by atoms with Crippen molar-refractivity contribution in [3.05, 3.63) is 34.9 Å². The number of halogens is 1. The molecule has 1 aliphatic carbocycles. The number of nitrogens with one attached hydrogen (secondary N) is 1. The standard InChI is InChI=1S/C20H33ClNO3P/c1-5-24-26(23,25-6-2)22-15-18(14-16(3)4)20(12-7-13-20)17-8-10-19(21)11-9-17/h8-11,16,18H,5-7,12-15H2,1-4H3,(H,22,23). The quantitative estimate of drug-likeness (QED) is 0.449. The van der Waals surface area contributed by atoms with Crippen molar-refractivity contribution in [3.8, 4) is 0 Å². The van der Waals surface area contributed by atoms with Gasteiger partial charge in [0, 0.05) is 11.6 Å². The number of hydrogen-bond acceptors (Lipinski definition) is 3. The third-order valence-corrected chi connectivity index (χ3v) is 7.35. The average Bonchev–Trinajstić information content (AvgIpc) is 2.53. The molecule has 1 N–H and O–H groups in total. The van der Waals surface area contributed by atoms with Crippen LogP contribution >= 0.6 is 19.3 Å². The molecular formula is C20H33ClNO3P. The van der Waals surface area contributed by atoms with Gasteiger partial charge in [-0.15, -0.1) is 0 Å². The van der Waals surface area contributed by atoms with E-state index in [1.807, 2.05) is 26.0 Å². The fourth-order valence-corrected chi connectivity index (χ4v) is 5.54. The van der Waals surface area contributed by atoms with E-state index >= 15 is 0 Å². The van der Waals surface area contributed by atoms with Gasteiger partial charge in [-0.2, -0.15) is 0 Å². The van der Waals surface area contributed by atoms with E-state index in [9.17, 15) is 4.57 Å². The lowest BCUT2D eigenvalue weighted by molar-refractivity contribution is 0.122.